The summed E-state index contributed by atoms with van der Waals surface area (Å²) < 4.78 is 43.7. The molecule has 30 heavy (non-hydrogen) atoms. The number of carbonyl (C=O) groups is 2. The predicted octanol–water partition coefficient (Wildman–Crippen LogP) is 2.42. The summed E-state index contributed by atoms with van der Waals surface area (Å²) in [4.78, 5) is 25.4. The maximum absolute atomic E-state index is 13.0. The van der Waals surface area contributed by atoms with E-state index in [4.69, 9.17) is 9.47 Å². The molecule has 10 heteroatoms. The van der Waals surface area contributed by atoms with Gasteiger partial charge in [0.2, 0.25) is 5.91 Å². The highest BCUT2D eigenvalue weighted by Crippen LogP contribution is 2.35. The third-order valence-corrected chi connectivity index (χ3v) is 6.05. The summed E-state index contributed by atoms with van der Waals surface area (Å²) in [6, 6.07) is 8.52. The van der Waals surface area contributed by atoms with Crippen LogP contribution in [0.15, 0.2) is 41.3 Å². The van der Waals surface area contributed by atoms with Gasteiger partial charge >= 0.3 is 5.97 Å². The van der Waals surface area contributed by atoms with Gasteiger partial charge in [-0.05, 0) is 42.8 Å². The summed E-state index contributed by atoms with van der Waals surface area (Å²) in [6.45, 7) is 0.487. The van der Waals surface area contributed by atoms with Crippen LogP contribution in [0.25, 0.3) is 0 Å². The molecule has 1 aliphatic rings. The molecule has 1 aliphatic heterocycles. The average molecular weight is 434 g/mol. The van der Waals surface area contributed by atoms with E-state index in [2.05, 4.69) is 9.46 Å². The Bertz CT molecular complexity index is 1080. The summed E-state index contributed by atoms with van der Waals surface area (Å²) in [5, 5.41) is 0. The minimum atomic E-state index is -4.07. The van der Waals surface area contributed by atoms with Crippen LogP contribution < -0.4 is 19.1 Å². The fourth-order valence-corrected chi connectivity index (χ4v) is 4.27. The number of amides is 1. The van der Waals surface area contributed by atoms with Crippen LogP contribution in [0, 0.1) is 0 Å². The number of rotatable bonds is 7. The average Bonchev–Trinajstić information content (AvgIpc) is 3.17. The quantitative estimate of drug-likeness (QED) is 0.666. The standard InChI is InChI=1S/C20H22N2O7S/c1-27-17-8-6-13(20(24)29-3)11-15(17)21-30(25,26)14-7-9-18(28-2)16(12-14)22-10-4-5-19(22)23/h6-9,11-12,21H,4-5,10H2,1-3H3. The number of nitrogens with zero attached hydrogens (tertiary/aromatic N) is 1. The Morgan fingerprint density at radius 3 is 2.33 bits per heavy atom. The summed E-state index contributed by atoms with van der Waals surface area (Å²) in [7, 11) is 0.00353. The summed E-state index contributed by atoms with van der Waals surface area (Å²) in [5.74, 6) is -0.0789. The van der Waals surface area contributed by atoms with Gasteiger partial charge in [-0.2, -0.15) is 0 Å². The van der Waals surface area contributed by atoms with Crippen LogP contribution in [0.5, 0.6) is 11.5 Å². The highest BCUT2D eigenvalue weighted by Gasteiger charge is 2.27. The van der Waals surface area contributed by atoms with Crippen LogP contribution in [0.2, 0.25) is 0 Å². The first-order chi connectivity index (χ1) is 14.3. The van der Waals surface area contributed by atoms with E-state index in [1.165, 1.54) is 62.6 Å². The van der Waals surface area contributed by atoms with E-state index in [1.807, 2.05) is 0 Å². The molecule has 1 fully saturated rings. The molecule has 0 bridgehead atoms. The summed E-state index contributed by atoms with van der Waals surface area (Å²) in [6.07, 6.45) is 1.09. The highest BCUT2D eigenvalue weighted by atomic mass is 32.2. The predicted molar refractivity (Wildman–Crippen MR) is 110 cm³/mol. The van der Waals surface area contributed by atoms with E-state index >= 15 is 0 Å². The van der Waals surface area contributed by atoms with Crippen molar-refractivity contribution in [2.75, 3.05) is 37.5 Å². The number of carbonyl (C=O) groups excluding carboxylic acids is 2. The lowest BCUT2D eigenvalue weighted by atomic mass is 10.2. The van der Waals surface area contributed by atoms with E-state index in [-0.39, 0.29) is 27.8 Å². The van der Waals surface area contributed by atoms with E-state index in [0.717, 1.165) is 0 Å². The smallest absolute Gasteiger partial charge is 0.337 e. The molecule has 2 aromatic carbocycles. The Morgan fingerprint density at radius 2 is 1.73 bits per heavy atom. The van der Waals surface area contributed by atoms with Crippen LogP contribution in [-0.4, -0.2) is 48.2 Å². The Hall–Kier alpha value is -3.27. The van der Waals surface area contributed by atoms with Gasteiger partial charge in [-0.25, -0.2) is 13.2 Å². The monoisotopic (exact) mass is 434 g/mol. The van der Waals surface area contributed by atoms with E-state index in [1.54, 1.807) is 0 Å². The molecule has 1 saturated heterocycles. The zero-order chi connectivity index (χ0) is 21.9. The van der Waals surface area contributed by atoms with Crippen molar-refractivity contribution >= 4 is 33.3 Å². The second kappa shape index (κ2) is 8.62. The molecule has 0 unspecified atom stereocenters. The van der Waals surface area contributed by atoms with Gasteiger partial charge in [-0.15, -0.1) is 0 Å². The fraction of sp³-hybridized carbons (Fsp3) is 0.300. The highest BCUT2D eigenvalue weighted by molar-refractivity contribution is 7.92. The number of sulfonamides is 1. The van der Waals surface area contributed by atoms with Crippen molar-refractivity contribution in [2.45, 2.75) is 17.7 Å². The molecular weight excluding hydrogens is 412 g/mol. The number of anilines is 2. The first kappa shape index (κ1) is 21.4. The van der Waals surface area contributed by atoms with Crippen LogP contribution in [0.3, 0.4) is 0 Å². The van der Waals surface area contributed by atoms with Gasteiger partial charge in [-0.3, -0.25) is 9.52 Å². The van der Waals surface area contributed by atoms with Crippen molar-refractivity contribution in [3.8, 4) is 11.5 Å². The van der Waals surface area contributed by atoms with Gasteiger partial charge in [0.15, 0.2) is 0 Å². The van der Waals surface area contributed by atoms with Crippen molar-refractivity contribution in [1.82, 2.24) is 0 Å². The molecule has 0 spiro atoms. The van der Waals surface area contributed by atoms with E-state index in [9.17, 15) is 18.0 Å². The fourth-order valence-electron chi connectivity index (χ4n) is 3.19. The van der Waals surface area contributed by atoms with Crippen LogP contribution in [0.1, 0.15) is 23.2 Å². The Labute approximate surface area is 174 Å². The van der Waals surface area contributed by atoms with E-state index < -0.39 is 16.0 Å². The number of esters is 1. The SMILES string of the molecule is COC(=O)c1ccc(OC)c(NS(=O)(=O)c2ccc(OC)c(N3CCCC3=O)c2)c1. The molecule has 2 aromatic rings. The Morgan fingerprint density at radius 1 is 1.03 bits per heavy atom. The normalized spacial score (nSPS) is 13.8. The number of hydrogen-bond acceptors (Lipinski definition) is 7. The minimum Gasteiger partial charge on any atom is -0.495 e. The lowest BCUT2D eigenvalue weighted by molar-refractivity contribution is -0.117. The molecule has 3 rings (SSSR count). The lowest BCUT2D eigenvalue weighted by Gasteiger charge is -2.20. The maximum Gasteiger partial charge on any atom is 0.337 e. The molecule has 0 aromatic heterocycles. The van der Waals surface area contributed by atoms with Crippen molar-refractivity contribution in [3.05, 3.63) is 42.0 Å². The second-order valence-corrected chi connectivity index (χ2v) is 8.18. The molecule has 1 amide bonds. The molecule has 0 aliphatic carbocycles. The van der Waals surface area contributed by atoms with E-state index in [0.29, 0.717) is 30.8 Å². The van der Waals surface area contributed by atoms with Crippen molar-refractivity contribution in [1.29, 1.82) is 0 Å². The van der Waals surface area contributed by atoms with Crippen LogP contribution >= 0.6 is 0 Å². The van der Waals surface area contributed by atoms with Gasteiger partial charge in [0.25, 0.3) is 10.0 Å². The number of nitrogens with one attached hydrogen (secondary N) is 1. The molecule has 0 saturated carbocycles. The first-order valence-corrected chi connectivity index (χ1v) is 10.6. The van der Waals surface area contributed by atoms with Gasteiger partial charge in [0, 0.05) is 13.0 Å². The third kappa shape index (κ3) is 4.18. The Kier molecular flexibility index (Phi) is 6.16. The lowest BCUT2D eigenvalue weighted by Crippen LogP contribution is -2.25. The summed E-state index contributed by atoms with van der Waals surface area (Å²) in [5.41, 5.74) is 0.627. The van der Waals surface area contributed by atoms with Crippen molar-refractivity contribution in [3.63, 3.8) is 0 Å². The van der Waals surface area contributed by atoms with Gasteiger partial charge < -0.3 is 19.1 Å². The van der Waals surface area contributed by atoms with Gasteiger partial charge in [0.1, 0.15) is 11.5 Å². The first-order valence-electron chi connectivity index (χ1n) is 9.08. The number of methoxy groups -OCH3 is 3. The number of benzene rings is 2. The largest absolute Gasteiger partial charge is 0.495 e. The second-order valence-electron chi connectivity index (χ2n) is 6.49. The molecule has 1 N–H and O–H groups in total. The number of ether oxygens (including phenoxy) is 3. The maximum atomic E-state index is 13.0. The zero-order valence-electron chi connectivity index (χ0n) is 16.8. The van der Waals surface area contributed by atoms with Crippen LogP contribution in [-0.2, 0) is 19.6 Å². The minimum absolute atomic E-state index is 0.0662. The van der Waals surface area contributed by atoms with Crippen molar-refractivity contribution in [2.24, 2.45) is 0 Å². The molecule has 1 heterocycles. The Balaban J connectivity index is 2.00. The zero-order valence-corrected chi connectivity index (χ0v) is 17.6. The summed E-state index contributed by atoms with van der Waals surface area (Å²) >= 11 is 0. The molecule has 9 nitrogen and oxygen atoms in total. The molecule has 0 radical (unpaired) electrons. The molecular formula is C20H22N2O7S. The van der Waals surface area contributed by atoms with Gasteiger partial charge in [0.05, 0.1) is 43.2 Å². The molecule has 160 valence electrons. The van der Waals surface area contributed by atoms with Gasteiger partial charge in [-0.1, -0.05) is 0 Å². The molecule has 0 atom stereocenters. The number of hydrogen-bond donors (Lipinski definition) is 1. The van der Waals surface area contributed by atoms with Crippen molar-refractivity contribution < 1.29 is 32.2 Å². The third-order valence-electron chi connectivity index (χ3n) is 4.69. The van der Waals surface area contributed by atoms with Crippen LogP contribution in [0.4, 0.5) is 11.4 Å². The topological polar surface area (TPSA) is 111 Å².